The maximum atomic E-state index is 13.2. The van der Waals surface area contributed by atoms with E-state index in [2.05, 4.69) is 0 Å². The van der Waals surface area contributed by atoms with Crippen molar-refractivity contribution >= 4 is 28.9 Å². The molecule has 0 fully saturated rings. The van der Waals surface area contributed by atoms with Crippen molar-refractivity contribution < 1.29 is 28.2 Å². The van der Waals surface area contributed by atoms with Crippen molar-refractivity contribution in [3.8, 4) is 11.1 Å². The van der Waals surface area contributed by atoms with Crippen LogP contribution in [0.25, 0.3) is 22.1 Å². The molecule has 0 bridgehead atoms. The average Bonchev–Trinajstić information content (AvgIpc) is 3.23. The number of carboxylic acid groups (broad SMARTS) is 1. The molecule has 6 nitrogen and oxygen atoms in total. The molecule has 1 amide bonds. The minimum absolute atomic E-state index is 0.0478. The van der Waals surface area contributed by atoms with Gasteiger partial charge in [-0.15, -0.1) is 0 Å². The van der Waals surface area contributed by atoms with E-state index in [1.54, 1.807) is 12.1 Å². The fraction of sp³-hybridized carbons (Fsp3) is 0.120. The van der Waals surface area contributed by atoms with Gasteiger partial charge in [-0.05, 0) is 41.0 Å². The number of fused-ring (bicyclic) bond motifs is 1. The van der Waals surface area contributed by atoms with Crippen molar-refractivity contribution in [2.75, 3.05) is 12.0 Å². The van der Waals surface area contributed by atoms with Gasteiger partial charge in [0.05, 0.1) is 7.11 Å². The number of furan rings is 1. The number of rotatable bonds is 6. The topological polar surface area (TPSA) is 80.0 Å². The second kappa shape index (κ2) is 8.93. The summed E-state index contributed by atoms with van der Waals surface area (Å²) in [7, 11) is 1.17. The number of amides is 1. The Morgan fingerprint density at radius 2 is 1.72 bits per heavy atom. The highest BCUT2D eigenvalue weighted by molar-refractivity contribution is 5.97. The number of carbonyl (C=O) groups is 2. The Balaban J connectivity index is 1.73. The van der Waals surface area contributed by atoms with Crippen LogP contribution in [0, 0.1) is 5.82 Å². The van der Waals surface area contributed by atoms with Crippen LogP contribution in [0.15, 0.2) is 83.3 Å². The first-order valence-electron chi connectivity index (χ1n) is 9.89. The summed E-state index contributed by atoms with van der Waals surface area (Å²) in [6, 6.07) is 21.1. The first-order valence-corrected chi connectivity index (χ1v) is 9.89. The molecule has 3 aromatic carbocycles. The van der Waals surface area contributed by atoms with E-state index >= 15 is 0 Å². The van der Waals surface area contributed by atoms with Crippen molar-refractivity contribution in [2.24, 2.45) is 0 Å². The van der Waals surface area contributed by atoms with E-state index < -0.39 is 23.9 Å². The lowest BCUT2D eigenvalue weighted by Crippen LogP contribution is -2.46. The van der Waals surface area contributed by atoms with Gasteiger partial charge in [0.1, 0.15) is 17.4 Å². The lowest BCUT2D eigenvalue weighted by molar-refractivity contribution is -0.138. The smallest absolute Gasteiger partial charge is 0.417 e. The molecule has 0 aliphatic carbocycles. The number of ether oxygens (including phenoxy) is 1. The van der Waals surface area contributed by atoms with E-state index in [0.717, 1.165) is 16.0 Å². The Morgan fingerprint density at radius 1 is 1.00 bits per heavy atom. The quantitative estimate of drug-likeness (QED) is 0.434. The molecule has 4 rings (SSSR count). The van der Waals surface area contributed by atoms with E-state index in [1.807, 2.05) is 42.5 Å². The third kappa shape index (κ3) is 4.32. The van der Waals surface area contributed by atoms with E-state index in [0.29, 0.717) is 16.5 Å². The molecule has 32 heavy (non-hydrogen) atoms. The highest BCUT2D eigenvalue weighted by Crippen LogP contribution is 2.32. The molecule has 4 aromatic rings. The summed E-state index contributed by atoms with van der Waals surface area (Å²) in [5.74, 6) is -1.63. The number of halogens is 1. The van der Waals surface area contributed by atoms with E-state index in [-0.39, 0.29) is 12.3 Å². The lowest BCUT2D eigenvalue weighted by Gasteiger charge is -2.25. The molecule has 1 heterocycles. The number of carboxylic acids is 1. The number of methoxy groups -OCH3 is 1. The van der Waals surface area contributed by atoms with Crippen molar-refractivity contribution in [3.63, 3.8) is 0 Å². The third-order valence-electron chi connectivity index (χ3n) is 5.16. The standard InChI is InChI=1S/C25H20FNO5/c1-31-25(30)27(21(24(28)29)13-16-7-10-20(26)11-8-16)23-15-19-14-18(9-12-22(19)32-23)17-5-3-2-4-6-17/h2-12,14-15,21H,13H2,1H3,(H,28,29)/t21-/m1/s1. The highest BCUT2D eigenvalue weighted by atomic mass is 19.1. The molecular weight excluding hydrogens is 413 g/mol. The lowest BCUT2D eigenvalue weighted by atomic mass is 10.0. The monoisotopic (exact) mass is 433 g/mol. The van der Waals surface area contributed by atoms with Gasteiger partial charge in [0, 0.05) is 17.9 Å². The fourth-order valence-electron chi connectivity index (χ4n) is 3.56. The number of anilines is 1. The average molecular weight is 433 g/mol. The zero-order chi connectivity index (χ0) is 22.7. The molecule has 162 valence electrons. The molecule has 0 saturated carbocycles. The summed E-state index contributed by atoms with van der Waals surface area (Å²) >= 11 is 0. The van der Waals surface area contributed by atoms with Crippen LogP contribution in [0.2, 0.25) is 0 Å². The predicted octanol–water partition coefficient (Wildman–Crippen LogP) is 5.51. The molecule has 0 radical (unpaired) electrons. The third-order valence-corrected chi connectivity index (χ3v) is 5.16. The number of carbonyl (C=O) groups excluding carboxylic acids is 1. The maximum Gasteiger partial charge on any atom is 0.417 e. The van der Waals surface area contributed by atoms with Gasteiger partial charge in [0.15, 0.2) is 0 Å². The van der Waals surface area contributed by atoms with Crippen LogP contribution in [0.3, 0.4) is 0 Å². The fourth-order valence-corrected chi connectivity index (χ4v) is 3.56. The SMILES string of the molecule is COC(=O)N(c1cc2cc(-c3ccccc3)ccc2o1)[C@H](Cc1ccc(F)cc1)C(=O)O. The Hall–Kier alpha value is -4.13. The Morgan fingerprint density at radius 3 is 2.38 bits per heavy atom. The Kier molecular flexibility index (Phi) is 5.89. The second-order valence-electron chi connectivity index (χ2n) is 7.23. The number of nitrogens with zero attached hydrogens (tertiary/aromatic N) is 1. The van der Waals surface area contributed by atoms with Crippen molar-refractivity contribution in [1.29, 1.82) is 0 Å². The Bertz CT molecular complexity index is 1250. The molecule has 0 unspecified atom stereocenters. The molecule has 1 atom stereocenters. The van der Waals surface area contributed by atoms with E-state index in [1.165, 1.54) is 31.4 Å². The second-order valence-corrected chi connectivity index (χ2v) is 7.23. The van der Waals surface area contributed by atoms with Crippen LogP contribution in [0.4, 0.5) is 15.1 Å². The van der Waals surface area contributed by atoms with Crippen LogP contribution in [-0.4, -0.2) is 30.3 Å². The summed E-state index contributed by atoms with van der Waals surface area (Å²) < 4.78 is 23.9. The zero-order valence-corrected chi connectivity index (χ0v) is 17.2. The first kappa shape index (κ1) is 21.1. The molecule has 0 aliphatic rings. The van der Waals surface area contributed by atoms with Gasteiger partial charge in [-0.25, -0.2) is 18.9 Å². The van der Waals surface area contributed by atoms with E-state index in [9.17, 15) is 19.1 Å². The first-order chi connectivity index (χ1) is 15.5. The number of hydrogen-bond donors (Lipinski definition) is 1. The molecule has 1 aromatic heterocycles. The minimum Gasteiger partial charge on any atom is -0.480 e. The van der Waals surface area contributed by atoms with Gasteiger partial charge in [-0.2, -0.15) is 0 Å². The van der Waals surface area contributed by atoms with Crippen LogP contribution in [0.1, 0.15) is 5.56 Å². The zero-order valence-electron chi connectivity index (χ0n) is 17.2. The van der Waals surface area contributed by atoms with Crippen LogP contribution >= 0.6 is 0 Å². The molecule has 7 heteroatoms. The maximum absolute atomic E-state index is 13.2. The highest BCUT2D eigenvalue weighted by Gasteiger charge is 2.34. The Labute approximate surface area is 183 Å². The largest absolute Gasteiger partial charge is 0.480 e. The van der Waals surface area contributed by atoms with Gasteiger partial charge < -0.3 is 14.3 Å². The predicted molar refractivity (Wildman–Crippen MR) is 118 cm³/mol. The number of benzene rings is 3. The van der Waals surface area contributed by atoms with Crippen molar-refractivity contribution in [3.05, 3.63) is 90.2 Å². The van der Waals surface area contributed by atoms with Crippen LogP contribution in [-0.2, 0) is 16.0 Å². The van der Waals surface area contributed by atoms with Gasteiger partial charge >= 0.3 is 12.1 Å². The van der Waals surface area contributed by atoms with Crippen LogP contribution < -0.4 is 4.90 Å². The summed E-state index contributed by atoms with van der Waals surface area (Å²) in [6.07, 6.45) is -0.932. The van der Waals surface area contributed by atoms with Gasteiger partial charge in [-0.3, -0.25) is 0 Å². The summed E-state index contributed by atoms with van der Waals surface area (Å²) in [4.78, 5) is 25.6. The molecule has 0 aliphatic heterocycles. The molecular formula is C25H20FNO5. The van der Waals surface area contributed by atoms with Crippen molar-refractivity contribution in [2.45, 2.75) is 12.5 Å². The number of hydrogen-bond acceptors (Lipinski definition) is 4. The van der Waals surface area contributed by atoms with E-state index in [4.69, 9.17) is 9.15 Å². The summed E-state index contributed by atoms with van der Waals surface area (Å²) in [5.41, 5.74) is 3.02. The summed E-state index contributed by atoms with van der Waals surface area (Å²) in [5, 5.41) is 10.6. The van der Waals surface area contributed by atoms with Gasteiger partial charge in [0.2, 0.25) is 5.88 Å². The molecule has 1 N–H and O–H groups in total. The normalized spacial score (nSPS) is 11.8. The van der Waals surface area contributed by atoms with Gasteiger partial charge in [-0.1, -0.05) is 48.5 Å². The minimum atomic E-state index is -1.32. The number of aliphatic carboxylic acids is 1. The van der Waals surface area contributed by atoms with Crippen LogP contribution in [0.5, 0.6) is 0 Å². The summed E-state index contributed by atoms with van der Waals surface area (Å²) in [6.45, 7) is 0. The molecule has 0 saturated heterocycles. The van der Waals surface area contributed by atoms with Gasteiger partial charge in [0.25, 0.3) is 0 Å². The van der Waals surface area contributed by atoms with Crippen molar-refractivity contribution in [1.82, 2.24) is 0 Å². The molecule has 0 spiro atoms.